The quantitative estimate of drug-likeness (QED) is 0.771. The highest BCUT2D eigenvalue weighted by atomic mass is 35.5. The molecule has 0 saturated carbocycles. The van der Waals surface area contributed by atoms with Crippen LogP contribution in [-0.2, 0) is 4.79 Å². The van der Waals surface area contributed by atoms with Gasteiger partial charge in [-0.05, 0) is 18.2 Å². The van der Waals surface area contributed by atoms with Crippen molar-refractivity contribution < 1.29 is 19.8 Å². The molecule has 92 valence electrons. The van der Waals surface area contributed by atoms with Crippen LogP contribution >= 0.6 is 23.2 Å². The van der Waals surface area contributed by atoms with Gasteiger partial charge in [0.1, 0.15) is 0 Å². The molecule has 1 aromatic rings. The van der Waals surface area contributed by atoms with Crippen LogP contribution in [0.1, 0.15) is 10.4 Å². The van der Waals surface area contributed by atoms with Crippen LogP contribution < -0.4 is 5.32 Å². The van der Waals surface area contributed by atoms with E-state index in [2.05, 4.69) is 5.32 Å². The van der Waals surface area contributed by atoms with Crippen LogP contribution in [0.4, 0.5) is 0 Å². The number of benzene rings is 1. The van der Waals surface area contributed by atoms with Crippen molar-refractivity contribution >= 4 is 35.1 Å². The van der Waals surface area contributed by atoms with Crippen LogP contribution in [0.5, 0.6) is 0 Å². The summed E-state index contributed by atoms with van der Waals surface area (Å²) in [5, 5.41) is 20.0. The highest BCUT2D eigenvalue weighted by molar-refractivity contribution is 6.35. The Morgan fingerprint density at radius 3 is 2.53 bits per heavy atom. The normalized spacial score (nSPS) is 11.9. The Balaban J connectivity index is 2.89. The van der Waals surface area contributed by atoms with Crippen molar-refractivity contribution in [3.63, 3.8) is 0 Å². The third-order valence-electron chi connectivity index (χ3n) is 1.96. The zero-order valence-corrected chi connectivity index (χ0v) is 10.00. The number of carbonyl (C=O) groups is 2. The molecule has 7 heteroatoms. The number of aliphatic carboxylic acids is 1. The summed E-state index contributed by atoms with van der Waals surface area (Å²) in [5.74, 6) is -2.04. The average molecular weight is 278 g/mol. The van der Waals surface area contributed by atoms with Gasteiger partial charge in [0.25, 0.3) is 5.91 Å². The monoisotopic (exact) mass is 277 g/mol. The van der Waals surface area contributed by atoms with E-state index in [1.54, 1.807) is 0 Å². The molecule has 17 heavy (non-hydrogen) atoms. The maximum Gasteiger partial charge on any atom is 0.328 e. The topological polar surface area (TPSA) is 86.6 Å². The molecule has 0 saturated heterocycles. The molecule has 0 spiro atoms. The van der Waals surface area contributed by atoms with Gasteiger partial charge >= 0.3 is 5.97 Å². The van der Waals surface area contributed by atoms with Gasteiger partial charge in [0, 0.05) is 5.02 Å². The van der Waals surface area contributed by atoms with Crippen LogP contribution in [0.3, 0.4) is 0 Å². The molecule has 0 radical (unpaired) electrons. The van der Waals surface area contributed by atoms with Gasteiger partial charge in [-0.2, -0.15) is 0 Å². The second-order valence-electron chi connectivity index (χ2n) is 3.17. The molecule has 5 nitrogen and oxygen atoms in total. The standard InChI is InChI=1S/C10H9Cl2NO4/c11-5-1-2-7(12)6(3-5)9(15)13-8(4-14)10(16)17/h1-3,8,14H,4H2,(H,13,15)(H,16,17)/t8-/m0/s1. The van der Waals surface area contributed by atoms with Crippen LogP contribution in [0.25, 0.3) is 0 Å². The number of carboxylic acid groups (broad SMARTS) is 1. The fourth-order valence-electron chi connectivity index (χ4n) is 1.09. The molecular weight excluding hydrogens is 269 g/mol. The molecule has 0 fully saturated rings. The SMILES string of the molecule is O=C(N[C@@H](CO)C(=O)O)c1cc(Cl)ccc1Cl. The van der Waals surface area contributed by atoms with Crippen molar-refractivity contribution in [2.75, 3.05) is 6.61 Å². The van der Waals surface area contributed by atoms with E-state index in [0.717, 1.165) is 0 Å². The Morgan fingerprint density at radius 1 is 1.35 bits per heavy atom. The number of rotatable bonds is 4. The molecule has 3 N–H and O–H groups in total. The molecule has 0 bridgehead atoms. The lowest BCUT2D eigenvalue weighted by Crippen LogP contribution is -2.43. The number of halogens is 2. The van der Waals surface area contributed by atoms with Gasteiger partial charge in [-0.1, -0.05) is 23.2 Å². The lowest BCUT2D eigenvalue weighted by molar-refractivity contribution is -0.140. The lowest BCUT2D eigenvalue weighted by atomic mass is 10.2. The predicted octanol–water partition coefficient (Wildman–Crippen LogP) is 1.17. The van der Waals surface area contributed by atoms with Gasteiger partial charge < -0.3 is 15.5 Å². The van der Waals surface area contributed by atoms with Gasteiger partial charge in [0.05, 0.1) is 17.2 Å². The number of hydrogen-bond acceptors (Lipinski definition) is 3. The number of carbonyl (C=O) groups excluding carboxylic acids is 1. The fraction of sp³-hybridized carbons (Fsp3) is 0.200. The average Bonchev–Trinajstić information content (AvgIpc) is 2.28. The molecule has 0 aliphatic heterocycles. The van der Waals surface area contributed by atoms with Crippen molar-refractivity contribution in [3.8, 4) is 0 Å². The third kappa shape index (κ3) is 3.59. The minimum absolute atomic E-state index is 0.0545. The molecule has 0 unspecified atom stereocenters. The minimum atomic E-state index is -1.38. The van der Waals surface area contributed by atoms with E-state index in [9.17, 15) is 9.59 Å². The molecular formula is C10H9Cl2NO4. The van der Waals surface area contributed by atoms with Gasteiger partial charge in [-0.15, -0.1) is 0 Å². The summed E-state index contributed by atoms with van der Waals surface area (Å²) < 4.78 is 0. The Morgan fingerprint density at radius 2 is 2.00 bits per heavy atom. The van der Waals surface area contributed by atoms with E-state index in [0.29, 0.717) is 5.02 Å². The molecule has 1 aromatic carbocycles. The molecule has 1 amide bonds. The maximum absolute atomic E-state index is 11.7. The second kappa shape index (κ2) is 5.86. The summed E-state index contributed by atoms with van der Waals surface area (Å²) in [6, 6.07) is 2.86. The van der Waals surface area contributed by atoms with E-state index in [-0.39, 0.29) is 10.6 Å². The van der Waals surface area contributed by atoms with Gasteiger partial charge in [-0.25, -0.2) is 4.79 Å². The first-order chi connectivity index (χ1) is 7.95. The molecule has 0 aliphatic rings. The van der Waals surface area contributed by atoms with Crippen molar-refractivity contribution in [3.05, 3.63) is 33.8 Å². The summed E-state index contributed by atoms with van der Waals surface area (Å²) in [6.07, 6.45) is 0. The van der Waals surface area contributed by atoms with Gasteiger partial charge in [0.15, 0.2) is 6.04 Å². The number of amides is 1. The summed E-state index contributed by atoms with van der Waals surface area (Å²) in [6.45, 7) is -0.709. The number of aliphatic hydroxyl groups is 1. The first kappa shape index (κ1) is 13.8. The predicted molar refractivity (Wildman–Crippen MR) is 62.4 cm³/mol. The Hall–Kier alpha value is -1.30. The zero-order chi connectivity index (χ0) is 13.0. The smallest absolute Gasteiger partial charge is 0.328 e. The van der Waals surface area contributed by atoms with Crippen molar-refractivity contribution in [1.29, 1.82) is 0 Å². The number of hydrogen-bond donors (Lipinski definition) is 3. The number of nitrogens with one attached hydrogen (secondary N) is 1. The van der Waals surface area contributed by atoms with Crippen molar-refractivity contribution in [1.82, 2.24) is 5.32 Å². The van der Waals surface area contributed by atoms with Crippen LogP contribution in [0.2, 0.25) is 10.0 Å². The third-order valence-corrected chi connectivity index (χ3v) is 2.52. The highest BCUT2D eigenvalue weighted by Gasteiger charge is 2.20. The van der Waals surface area contributed by atoms with Gasteiger partial charge in [-0.3, -0.25) is 4.79 Å². The Bertz CT molecular complexity index is 450. The number of aliphatic hydroxyl groups excluding tert-OH is 1. The van der Waals surface area contributed by atoms with E-state index in [1.165, 1.54) is 18.2 Å². The van der Waals surface area contributed by atoms with Crippen LogP contribution in [0.15, 0.2) is 18.2 Å². The fourth-order valence-corrected chi connectivity index (χ4v) is 1.47. The van der Waals surface area contributed by atoms with Crippen molar-refractivity contribution in [2.24, 2.45) is 0 Å². The molecule has 0 heterocycles. The number of carboxylic acids is 1. The van der Waals surface area contributed by atoms with Crippen molar-refractivity contribution in [2.45, 2.75) is 6.04 Å². The molecule has 1 atom stereocenters. The van der Waals surface area contributed by atoms with E-state index < -0.39 is 24.5 Å². The van der Waals surface area contributed by atoms with E-state index in [4.69, 9.17) is 33.4 Å². The zero-order valence-electron chi connectivity index (χ0n) is 8.48. The molecule has 0 aliphatic carbocycles. The van der Waals surface area contributed by atoms with Crippen LogP contribution in [0, 0.1) is 0 Å². The summed E-state index contributed by atoms with van der Waals surface area (Å²) >= 11 is 11.5. The summed E-state index contributed by atoms with van der Waals surface area (Å²) in [4.78, 5) is 22.3. The molecule has 0 aromatic heterocycles. The molecule has 1 rings (SSSR count). The Labute approximate surface area is 107 Å². The Kier molecular flexibility index (Phi) is 4.74. The first-order valence-corrected chi connectivity index (χ1v) is 5.31. The van der Waals surface area contributed by atoms with E-state index in [1.807, 2.05) is 0 Å². The largest absolute Gasteiger partial charge is 0.480 e. The maximum atomic E-state index is 11.7. The minimum Gasteiger partial charge on any atom is -0.480 e. The van der Waals surface area contributed by atoms with Crippen LogP contribution in [-0.4, -0.2) is 34.7 Å². The second-order valence-corrected chi connectivity index (χ2v) is 4.01. The summed E-state index contributed by atoms with van der Waals surface area (Å²) in [5.41, 5.74) is 0.0545. The van der Waals surface area contributed by atoms with E-state index >= 15 is 0 Å². The highest BCUT2D eigenvalue weighted by Crippen LogP contribution is 2.20. The first-order valence-electron chi connectivity index (χ1n) is 4.55. The van der Waals surface area contributed by atoms with Gasteiger partial charge in [0.2, 0.25) is 0 Å². The lowest BCUT2D eigenvalue weighted by Gasteiger charge is -2.12. The summed E-state index contributed by atoms with van der Waals surface area (Å²) in [7, 11) is 0.